The second-order valence-corrected chi connectivity index (χ2v) is 10.3. The highest BCUT2D eigenvalue weighted by atomic mass is 35.5. The first-order valence-electron chi connectivity index (χ1n) is 12.5. The van der Waals surface area contributed by atoms with Crippen molar-refractivity contribution in [1.82, 2.24) is 19.9 Å². The molecule has 6 rings (SSSR count). The Bertz CT molecular complexity index is 1350. The summed E-state index contributed by atoms with van der Waals surface area (Å²) in [5.41, 5.74) is 4.73. The van der Waals surface area contributed by atoms with E-state index in [1.807, 2.05) is 16.7 Å². The quantitative estimate of drug-likeness (QED) is 0.354. The van der Waals surface area contributed by atoms with Crippen LogP contribution in [0.2, 0.25) is 5.02 Å². The van der Waals surface area contributed by atoms with E-state index in [0.29, 0.717) is 23.5 Å². The van der Waals surface area contributed by atoms with Gasteiger partial charge in [0.1, 0.15) is 11.6 Å². The number of halogens is 2. The molecule has 2 aromatic carbocycles. The summed E-state index contributed by atoms with van der Waals surface area (Å²) in [5.74, 6) is 2.08. The van der Waals surface area contributed by atoms with Crippen LogP contribution >= 0.6 is 11.6 Å². The summed E-state index contributed by atoms with van der Waals surface area (Å²) in [7, 11) is 0. The van der Waals surface area contributed by atoms with Crippen LogP contribution in [0, 0.1) is 17.7 Å². The zero-order valence-electron chi connectivity index (χ0n) is 19.6. The first kappa shape index (κ1) is 22.5. The van der Waals surface area contributed by atoms with Gasteiger partial charge < -0.3 is 15.2 Å². The third-order valence-electron chi connectivity index (χ3n) is 7.65. The van der Waals surface area contributed by atoms with Crippen LogP contribution in [0.15, 0.2) is 61.1 Å². The molecule has 2 aromatic heterocycles. The second-order valence-electron chi connectivity index (χ2n) is 9.85. The van der Waals surface area contributed by atoms with Gasteiger partial charge in [-0.05, 0) is 79.1 Å². The standard InChI is InChI=1S/C28H29ClFN5/c29-24-15-32-28(34-25-6-2-4-19-9-10-31-14-23(19)25)13-22(24)20-7-8-26-27(12-20)35(17-33-26)16-18-3-1-5-21(30)11-18/h1,3,5,7-8,11-13,15,17,19,23,25,31H,2,4,6,9-10,14,16H2,(H,32,34). The number of hydrogen-bond donors (Lipinski definition) is 2. The van der Waals surface area contributed by atoms with E-state index in [0.717, 1.165) is 52.5 Å². The van der Waals surface area contributed by atoms with Crippen molar-refractivity contribution in [3.63, 3.8) is 0 Å². The highest BCUT2D eigenvalue weighted by molar-refractivity contribution is 6.33. The van der Waals surface area contributed by atoms with Crippen LogP contribution in [0.3, 0.4) is 0 Å². The highest BCUT2D eigenvalue weighted by Gasteiger charge is 2.35. The van der Waals surface area contributed by atoms with E-state index in [4.69, 9.17) is 11.6 Å². The SMILES string of the molecule is Fc1cccc(Cn2cnc3ccc(-c4cc(NC5CCCC6CCNCC65)ncc4Cl)cc32)c1. The predicted octanol–water partition coefficient (Wildman–Crippen LogP) is 6.13. The molecule has 3 unspecified atom stereocenters. The fourth-order valence-electron chi connectivity index (χ4n) is 5.87. The third-order valence-corrected chi connectivity index (χ3v) is 7.95. The van der Waals surface area contributed by atoms with E-state index < -0.39 is 0 Å². The molecule has 0 radical (unpaired) electrons. The molecule has 5 nitrogen and oxygen atoms in total. The van der Waals surface area contributed by atoms with Gasteiger partial charge in [0.15, 0.2) is 0 Å². The zero-order chi connectivity index (χ0) is 23.8. The van der Waals surface area contributed by atoms with Gasteiger partial charge in [-0.2, -0.15) is 0 Å². The van der Waals surface area contributed by atoms with Crippen LogP contribution in [0.1, 0.15) is 31.2 Å². The fraction of sp³-hybridized carbons (Fsp3) is 0.357. The number of benzene rings is 2. The molecule has 2 aliphatic rings. The lowest BCUT2D eigenvalue weighted by Gasteiger charge is -2.42. The molecule has 0 spiro atoms. The maximum Gasteiger partial charge on any atom is 0.126 e. The Hall–Kier alpha value is -2.96. The van der Waals surface area contributed by atoms with Crippen molar-refractivity contribution < 1.29 is 4.39 Å². The highest BCUT2D eigenvalue weighted by Crippen LogP contribution is 2.37. The Morgan fingerprint density at radius 3 is 2.94 bits per heavy atom. The first-order chi connectivity index (χ1) is 17.1. The summed E-state index contributed by atoms with van der Waals surface area (Å²) < 4.78 is 15.7. The van der Waals surface area contributed by atoms with Gasteiger partial charge in [0.05, 0.1) is 22.4 Å². The number of fused-ring (bicyclic) bond motifs is 2. The first-order valence-corrected chi connectivity index (χ1v) is 12.8. The second kappa shape index (κ2) is 9.59. The van der Waals surface area contributed by atoms with Gasteiger partial charge in [0, 0.05) is 30.9 Å². The van der Waals surface area contributed by atoms with Gasteiger partial charge in [0.2, 0.25) is 0 Å². The topological polar surface area (TPSA) is 54.8 Å². The summed E-state index contributed by atoms with van der Waals surface area (Å²) >= 11 is 6.63. The molecular weight excluding hydrogens is 461 g/mol. The average Bonchev–Trinajstić information content (AvgIpc) is 3.27. The Kier molecular flexibility index (Phi) is 6.17. The number of imidazole rings is 1. The van der Waals surface area contributed by atoms with Crippen molar-refractivity contribution in [1.29, 1.82) is 0 Å². The van der Waals surface area contributed by atoms with E-state index in [9.17, 15) is 4.39 Å². The molecule has 3 heterocycles. The van der Waals surface area contributed by atoms with Crippen LogP contribution < -0.4 is 10.6 Å². The van der Waals surface area contributed by atoms with Crippen LogP contribution in [0.4, 0.5) is 10.2 Å². The van der Waals surface area contributed by atoms with Gasteiger partial charge in [-0.3, -0.25) is 0 Å². The Balaban J connectivity index is 1.29. The average molecular weight is 490 g/mol. The predicted molar refractivity (Wildman–Crippen MR) is 139 cm³/mol. The molecule has 7 heteroatoms. The number of aromatic nitrogens is 3. The molecular formula is C28H29ClFN5. The Morgan fingerprint density at radius 2 is 2.03 bits per heavy atom. The molecule has 180 valence electrons. The number of rotatable bonds is 5. The van der Waals surface area contributed by atoms with E-state index in [2.05, 4.69) is 38.8 Å². The van der Waals surface area contributed by atoms with Crippen molar-refractivity contribution in [2.24, 2.45) is 11.8 Å². The van der Waals surface area contributed by atoms with Gasteiger partial charge in [-0.15, -0.1) is 0 Å². The van der Waals surface area contributed by atoms with Crippen LogP contribution in [-0.4, -0.2) is 33.7 Å². The van der Waals surface area contributed by atoms with E-state index in [1.165, 1.54) is 31.7 Å². The fourth-order valence-corrected chi connectivity index (χ4v) is 6.08. The molecule has 0 bridgehead atoms. The van der Waals surface area contributed by atoms with Gasteiger partial charge in [-0.1, -0.05) is 36.2 Å². The maximum absolute atomic E-state index is 13.7. The minimum Gasteiger partial charge on any atom is -0.367 e. The molecule has 1 saturated carbocycles. The lowest BCUT2D eigenvalue weighted by atomic mass is 9.72. The molecule has 4 aromatic rings. The van der Waals surface area contributed by atoms with Crippen LogP contribution in [0.5, 0.6) is 0 Å². The number of nitrogens with one attached hydrogen (secondary N) is 2. The molecule has 0 amide bonds. The van der Waals surface area contributed by atoms with Gasteiger partial charge in [0.25, 0.3) is 0 Å². The van der Waals surface area contributed by atoms with E-state index in [1.54, 1.807) is 24.7 Å². The number of hydrogen-bond acceptors (Lipinski definition) is 4. The lowest BCUT2D eigenvalue weighted by molar-refractivity contribution is 0.169. The number of piperidine rings is 1. The monoisotopic (exact) mass is 489 g/mol. The summed E-state index contributed by atoms with van der Waals surface area (Å²) in [6.07, 6.45) is 8.60. The van der Waals surface area contributed by atoms with Crippen molar-refractivity contribution >= 4 is 28.5 Å². The Morgan fingerprint density at radius 1 is 1.09 bits per heavy atom. The number of pyridine rings is 1. The molecule has 35 heavy (non-hydrogen) atoms. The zero-order valence-corrected chi connectivity index (χ0v) is 20.3. The van der Waals surface area contributed by atoms with Gasteiger partial charge >= 0.3 is 0 Å². The van der Waals surface area contributed by atoms with Crippen LogP contribution in [0.25, 0.3) is 22.2 Å². The molecule has 1 aliphatic heterocycles. The van der Waals surface area contributed by atoms with Crippen molar-refractivity contribution in [2.45, 2.75) is 38.3 Å². The Labute approximate surface area is 209 Å². The van der Waals surface area contributed by atoms with Crippen molar-refractivity contribution in [2.75, 3.05) is 18.4 Å². The number of anilines is 1. The van der Waals surface area contributed by atoms with E-state index in [-0.39, 0.29) is 5.82 Å². The van der Waals surface area contributed by atoms with Crippen molar-refractivity contribution in [3.8, 4) is 11.1 Å². The van der Waals surface area contributed by atoms with Crippen molar-refractivity contribution in [3.05, 3.63) is 77.5 Å². The minimum absolute atomic E-state index is 0.232. The normalized spacial score (nSPS) is 22.2. The summed E-state index contributed by atoms with van der Waals surface area (Å²) in [5, 5.41) is 7.93. The molecule has 2 N–H and O–H groups in total. The molecule has 3 atom stereocenters. The summed E-state index contributed by atoms with van der Waals surface area (Å²) in [6, 6.07) is 15.3. The third kappa shape index (κ3) is 4.65. The smallest absolute Gasteiger partial charge is 0.126 e. The maximum atomic E-state index is 13.7. The summed E-state index contributed by atoms with van der Waals surface area (Å²) in [4.78, 5) is 9.15. The minimum atomic E-state index is -0.232. The molecule has 1 aliphatic carbocycles. The van der Waals surface area contributed by atoms with E-state index >= 15 is 0 Å². The number of nitrogens with zero attached hydrogens (tertiary/aromatic N) is 3. The molecule has 1 saturated heterocycles. The lowest BCUT2D eigenvalue weighted by Crippen LogP contribution is -2.48. The van der Waals surface area contributed by atoms with Crippen LogP contribution in [-0.2, 0) is 6.54 Å². The van der Waals surface area contributed by atoms with Gasteiger partial charge in [-0.25, -0.2) is 14.4 Å². The molecule has 2 fully saturated rings. The largest absolute Gasteiger partial charge is 0.367 e. The summed E-state index contributed by atoms with van der Waals surface area (Å²) in [6.45, 7) is 2.76.